The summed E-state index contributed by atoms with van der Waals surface area (Å²) in [5.74, 6) is 1.73. The van der Waals surface area contributed by atoms with Crippen LogP contribution in [0.3, 0.4) is 0 Å². The van der Waals surface area contributed by atoms with Gasteiger partial charge in [-0.3, -0.25) is 0 Å². The molecule has 0 amide bonds. The van der Waals surface area contributed by atoms with Gasteiger partial charge in [0.25, 0.3) is 0 Å². The van der Waals surface area contributed by atoms with Gasteiger partial charge in [0.15, 0.2) is 0 Å². The molecular weight excluding hydrogens is 218 g/mol. The molecule has 0 heterocycles. The van der Waals surface area contributed by atoms with Crippen molar-refractivity contribution in [1.29, 1.82) is 0 Å². The summed E-state index contributed by atoms with van der Waals surface area (Å²) in [7, 11) is 0. The number of rotatable bonds is 5. The third kappa shape index (κ3) is 3.76. The highest BCUT2D eigenvalue weighted by Crippen LogP contribution is 2.32. The fraction of sp³-hybridized carbons (Fsp3) is 0.647. The monoisotopic (exact) mass is 245 g/mol. The van der Waals surface area contributed by atoms with Crippen LogP contribution in [0.15, 0.2) is 24.3 Å². The molecular formula is C17H27N. The van der Waals surface area contributed by atoms with Crippen molar-refractivity contribution in [3.63, 3.8) is 0 Å². The molecule has 1 aromatic carbocycles. The van der Waals surface area contributed by atoms with E-state index in [9.17, 15) is 0 Å². The fourth-order valence-corrected chi connectivity index (χ4v) is 3.29. The number of anilines is 1. The van der Waals surface area contributed by atoms with E-state index in [1.807, 2.05) is 12.1 Å². The van der Waals surface area contributed by atoms with Gasteiger partial charge < -0.3 is 5.73 Å². The van der Waals surface area contributed by atoms with Gasteiger partial charge >= 0.3 is 0 Å². The average Bonchev–Trinajstić information content (AvgIpc) is 2.42. The first-order valence-electron chi connectivity index (χ1n) is 7.65. The minimum atomic E-state index is 0.729. The Hall–Kier alpha value is -0.980. The highest BCUT2D eigenvalue weighted by Gasteiger charge is 2.16. The van der Waals surface area contributed by atoms with Gasteiger partial charge in [0.1, 0.15) is 0 Å². The van der Waals surface area contributed by atoms with E-state index in [1.165, 1.54) is 56.9 Å². The summed E-state index contributed by atoms with van der Waals surface area (Å²) < 4.78 is 0. The van der Waals surface area contributed by atoms with E-state index in [2.05, 4.69) is 19.1 Å². The van der Waals surface area contributed by atoms with Crippen molar-refractivity contribution in [3.8, 4) is 0 Å². The SMILES string of the molecule is CCC(CCC1CCCCC1)c1ccc(N)cc1. The predicted octanol–water partition coefficient (Wildman–Crippen LogP) is 5.12. The van der Waals surface area contributed by atoms with Gasteiger partial charge in [0, 0.05) is 5.69 Å². The van der Waals surface area contributed by atoms with E-state index in [0.717, 1.165) is 17.5 Å². The Labute approximate surface area is 112 Å². The molecule has 2 N–H and O–H groups in total. The van der Waals surface area contributed by atoms with Crippen LogP contribution in [0, 0.1) is 5.92 Å². The Morgan fingerprint density at radius 1 is 1.11 bits per heavy atom. The van der Waals surface area contributed by atoms with Crippen molar-refractivity contribution >= 4 is 5.69 Å². The summed E-state index contributed by atoms with van der Waals surface area (Å²) in [6.45, 7) is 2.31. The number of benzene rings is 1. The molecule has 1 atom stereocenters. The number of nitrogen functional groups attached to an aromatic ring is 1. The van der Waals surface area contributed by atoms with Gasteiger partial charge in [-0.05, 0) is 48.8 Å². The lowest BCUT2D eigenvalue weighted by Crippen LogP contribution is -2.08. The van der Waals surface area contributed by atoms with Crippen LogP contribution in [0.1, 0.15) is 69.8 Å². The van der Waals surface area contributed by atoms with Crippen molar-refractivity contribution in [2.24, 2.45) is 5.92 Å². The Morgan fingerprint density at radius 2 is 1.78 bits per heavy atom. The quantitative estimate of drug-likeness (QED) is 0.716. The predicted molar refractivity (Wildman–Crippen MR) is 79.7 cm³/mol. The van der Waals surface area contributed by atoms with Crippen molar-refractivity contribution < 1.29 is 0 Å². The lowest BCUT2D eigenvalue weighted by atomic mass is 9.82. The van der Waals surface area contributed by atoms with Crippen LogP contribution < -0.4 is 5.73 Å². The highest BCUT2D eigenvalue weighted by atomic mass is 14.5. The maximum absolute atomic E-state index is 5.76. The maximum atomic E-state index is 5.76. The molecule has 0 aliphatic heterocycles. The maximum Gasteiger partial charge on any atom is 0.0314 e. The lowest BCUT2D eigenvalue weighted by molar-refractivity contribution is 0.322. The van der Waals surface area contributed by atoms with Crippen LogP contribution in [0.4, 0.5) is 5.69 Å². The first-order valence-corrected chi connectivity index (χ1v) is 7.65. The molecule has 1 fully saturated rings. The van der Waals surface area contributed by atoms with Crippen LogP contribution in [0.5, 0.6) is 0 Å². The van der Waals surface area contributed by atoms with E-state index in [-0.39, 0.29) is 0 Å². The summed E-state index contributed by atoms with van der Waals surface area (Å²) in [5, 5.41) is 0. The van der Waals surface area contributed by atoms with E-state index in [1.54, 1.807) is 0 Å². The van der Waals surface area contributed by atoms with E-state index < -0.39 is 0 Å². The molecule has 0 radical (unpaired) electrons. The summed E-state index contributed by atoms with van der Waals surface area (Å²) in [6, 6.07) is 8.51. The van der Waals surface area contributed by atoms with Gasteiger partial charge in [0.2, 0.25) is 0 Å². The molecule has 1 nitrogen and oxygen atoms in total. The van der Waals surface area contributed by atoms with Gasteiger partial charge in [-0.1, -0.05) is 51.2 Å². The molecule has 100 valence electrons. The molecule has 2 rings (SSSR count). The zero-order valence-electron chi connectivity index (χ0n) is 11.7. The number of nitrogens with two attached hydrogens (primary N) is 1. The third-order valence-corrected chi connectivity index (χ3v) is 4.55. The minimum Gasteiger partial charge on any atom is -0.399 e. The van der Waals surface area contributed by atoms with E-state index in [0.29, 0.717) is 0 Å². The standard InChI is InChI=1S/C17H27N/c1-2-15(16-10-12-17(18)13-11-16)9-8-14-6-4-3-5-7-14/h10-15H,2-9,18H2,1H3. The molecule has 1 aliphatic rings. The Balaban J connectivity index is 1.86. The smallest absolute Gasteiger partial charge is 0.0314 e. The molecule has 0 bridgehead atoms. The summed E-state index contributed by atoms with van der Waals surface area (Å²) >= 11 is 0. The van der Waals surface area contributed by atoms with Crippen LogP contribution >= 0.6 is 0 Å². The molecule has 1 saturated carbocycles. The van der Waals surface area contributed by atoms with Crippen LogP contribution in [0.25, 0.3) is 0 Å². The van der Waals surface area contributed by atoms with Gasteiger partial charge in [-0.2, -0.15) is 0 Å². The highest BCUT2D eigenvalue weighted by molar-refractivity contribution is 5.40. The first-order chi connectivity index (χ1) is 8.79. The second-order valence-corrected chi connectivity index (χ2v) is 5.85. The molecule has 0 saturated heterocycles. The topological polar surface area (TPSA) is 26.0 Å². The van der Waals surface area contributed by atoms with Crippen molar-refractivity contribution in [1.82, 2.24) is 0 Å². The largest absolute Gasteiger partial charge is 0.399 e. The van der Waals surface area contributed by atoms with E-state index >= 15 is 0 Å². The Morgan fingerprint density at radius 3 is 2.39 bits per heavy atom. The molecule has 1 aliphatic carbocycles. The van der Waals surface area contributed by atoms with Crippen LogP contribution in [-0.2, 0) is 0 Å². The second-order valence-electron chi connectivity index (χ2n) is 5.85. The summed E-state index contributed by atoms with van der Waals surface area (Å²) in [6.07, 6.45) is 11.3. The molecule has 0 spiro atoms. The minimum absolute atomic E-state index is 0.729. The number of hydrogen-bond donors (Lipinski definition) is 1. The van der Waals surface area contributed by atoms with Gasteiger partial charge in [0.05, 0.1) is 0 Å². The van der Waals surface area contributed by atoms with Crippen molar-refractivity contribution in [2.45, 2.75) is 64.2 Å². The molecule has 1 heteroatoms. The first kappa shape index (κ1) is 13.5. The number of hydrogen-bond acceptors (Lipinski definition) is 1. The van der Waals surface area contributed by atoms with Crippen LogP contribution in [-0.4, -0.2) is 0 Å². The molecule has 1 unspecified atom stereocenters. The van der Waals surface area contributed by atoms with E-state index in [4.69, 9.17) is 5.73 Å². The summed E-state index contributed by atoms with van der Waals surface area (Å²) in [4.78, 5) is 0. The zero-order valence-corrected chi connectivity index (χ0v) is 11.7. The van der Waals surface area contributed by atoms with Gasteiger partial charge in [-0.15, -0.1) is 0 Å². The summed E-state index contributed by atoms with van der Waals surface area (Å²) in [5.41, 5.74) is 8.11. The average molecular weight is 245 g/mol. The normalized spacial score (nSPS) is 18.7. The van der Waals surface area contributed by atoms with Crippen molar-refractivity contribution in [2.75, 3.05) is 5.73 Å². The zero-order chi connectivity index (χ0) is 12.8. The van der Waals surface area contributed by atoms with Gasteiger partial charge in [-0.25, -0.2) is 0 Å². The molecule has 0 aromatic heterocycles. The molecule has 18 heavy (non-hydrogen) atoms. The fourth-order valence-electron chi connectivity index (χ4n) is 3.29. The molecule has 1 aromatic rings. The Kier molecular flexibility index (Phi) is 5.10. The second kappa shape index (κ2) is 6.82. The Bertz CT molecular complexity index is 335. The van der Waals surface area contributed by atoms with Crippen molar-refractivity contribution in [3.05, 3.63) is 29.8 Å². The third-order valence-electron chi connectivity index (χ3n) is 4.55. The lowest BCUT2D eigenvalue weighted by Gasteiger charge is -2.24. The van der Waals surface area contributed by atoms with Crippen LogP contribution in [0.2, 0.25) is 0 Å².